The number of hydrogen-bond acceptors (Lipinski definition) is 5. The van der Waals surface area contributed by atoms with Gasteiger partial charge in [-0.25, -0.2) is 8.42 Å². The van der Waals surface area contributed by atoms with E-state index in [1.165, 1.54) is 11.8 Å². The zero-order valence-electron chi connectivity index (χ0n) is 13.8. The van der Waals surface area contributed by atoms with E-state index in [9.17, 15) is 18.0 Å². The first kappa shape index (κ1) is 18.8. The maximum Gasteiger partial charge on any atom is 0.234 e. The van der Waals surface area contributed by atoms with Crippen molar-refractivity contribution in [3.05, 3.63) is 29.8 Å². The van der Waals surface area contributed by atoms with Gasteiger partial charge >= 0.3 is 0 Å². The Bertz CT molecular complexity index is 716. The molecule has 0 aliphatic carbocycles. The van der Waals surface area contributed by atoms with Crippen LogP contribution in [0.15, 0.2) is 24.3 Å². The lowest BCUT2D eigenvalue weighted by molar-refractivity contribution is -0.120. The Hall–Kier alpha value is -1.54. The Labute approximate surface area is 146 Å². The minimum absolute atomic E-state index is 0.0235. The molecule has 0 saturated carbocycles. The van der Waals surface area contributed by atoms with Crippen molar-refractivity contribution in [2.75, 3.05) is 28.3 Å². The first-order valence-electron chi connectivity index (χ1n) is 7.63. The number of nitrogens with one attached hydrogen (secondary N) is 2. The van der Waals surface area contributed by atoms with Crippen LogP contribution in [-0.4, -0.2) is 48.8 Å². The second-order valence-corrected chi connectivity index (χ2v) is 9.53. The molecule has 1 aliphatic heterocycles. The Morgan fingerprint density at radius 1 is 1.17 bits per heavy atom. The standard InChI is InChI=1S/C16H22N2O4S2/c1-12-3-5-13(6-4-12)17-14(19)9-23-10-15(20)18-16(2)7-8-24(21,22)11-16/h3-6H,7-11H2,1-2H3,(H,17,19)(H,18,20)/t16-/m0/s1. The molecular weight excluding hydrogens is 348 g/mol. The van der Waals surface area contributed by atoms with E-state index in [-0.39, 0.29) is 34.8 Å². The average Bonchev–Trinajstić information content (AvgIpc) is 2.74. The summed E-state index contributed by atoms with van der Waals surface area (Å²) in [5, 5.41) is 5.53. The number of benzene rings is 1. The number of anilines is 1. The quantitative estimate of drug-likeness (QED) is 0.789. The van der Waals surface area contributed by atoms with Crippen LogP contribution < -0.4 is 10.6 Å². The summed E-state index contributed by atoms with van der Waals surface area (Å²) in [6.07, 6.45) is 0.430. The van der Waals surface area contributed by atoms with Gasteiger partial charge < -0.3 is 10.6 Å². The van der Waals surface area contributed by atoms with Gasteiger partial charge in [0.15, 0.2) is 9.84 Å². The molecule has 0 radical (unpaired) electrons. The molecule has 1 aromatic carbocycles. The largest absolute Gasteiger partial charge is 0.349 e. The molecule has 0 bridgehead atoms. The lowest BCUT2D eigenvalue weighted by Gasteiger charge is -2.23. The predicted molar refractivity (Wildman–Crippen MR) is 97.0 cm³/mol. The van der Waals surface area contributed by atoms with Crippen molar-refractivity contribution in [2.45, 2.75) is 25.8 Å². The molecule has 1 atom stereocenters. The van der Waals surface area contributed by atoms with E-state index < -0.39 is 15.4 Å². The van der Waals surface area contributed by atoms with E-state index in [0.29, 0.717) is 6.42 Å². The highest BCUT2D eigenvalue weighted by Gasteiger charge is 2.39. The third kappa shape index (κ3) is 5.83. The topological polar surface area (TPSA) is 92.3 Å². The van der Waals surface area contributed by atoms with Crippen molar-refractivity contribution in [3.63, 3.8) is 0 Å². The number of amides is 2. The number of aryl methyl sites for hydroxylation is 1. The van der Waals surface area contributed by atoms with Gasteiger partial charge in [-0.2, -0.15) is 0 Å². The number of thioether (sulfide) groups is 1. The number of carbonyl (C=O) groups excluding carboxylic acids is 2. The second-order valence-electron chi connectivity index (χ2n) is 6.36. The summed E-state index contributed by atoms with van der Waals surface area (Å²) in [5.41, 5.74) is 1.14. The second kappa shape index (κ2) is 7.57. The van der Waals surface area contributed by atoms with Gasteiger partial charge in [-0.1, -0.05) is 17.7 Å². The van der Waals surface area contributed by atoms with Crippen molar-refractivity contribution in [2.24, 2.45) is 0 Å². The molecule has 0 aromatic heterocycles. The molecule has 2 rings (SSSR count). The van der Waals surface area contributed by atoms with E-state index in [4.69, 9.17) is 0 Å². The van der Waals surface area contributed by atoms with Gasteiger partial charge in [0.05, 0.1) is 28.6 Å². The molecule has 1 heterocycles. The molecule has 2 amide bonds. The molecule has 1 saturated heterocycles. The fraction of sp³-hybridized carbons (Fsp3) is 0.500. The molecule has 1 aliphatic rings. The third-order valence-corrected chi connectivity index (χ3v) is 6.58. The SMILES string of the molecule is Cc1ccc(NC(=O)CSCC(=O)N[C@@]2(C)CCS(=O)(=O)C2)cc1. The lowest BCUT2D eigenvalue weighted by Crippen LogP contribution is -2.47. The summed E-state index contributed by atoms with van der Waals surface area (Å²) in [6, 6.07) is 7.47. The van der Waals surface area contributed by atoms with Crippen LogP contribution >= 0.6 is 11.8 Å². The predicted octanol–water partition coefficient (Wildman–Crippen LogP) is 1.36. The van der Waals surface area contributed by atoms with Crippen LogP contribution in [0.4, 0.5) is 5.69 Å². The average molecular weight is 370 g/mol. The Morgan fingerprint density at radius 2 is 1.79 bits per heavy atom. The van der Waals surface area contributed by atoms with Crippen molar-refractivity contribution >= 4 is 39.1 Å². The summed E-state index contributed by atoms with van der Waals surface area (Å²) < 4.78 is 23.0. The molecule has 132 valence electrons. The maximum atomic E-state index is 11.9. The van der Waals surface area contributed by atoms with Crippen LogP contribution in [-0.2, 0) is 19.4 Å². The molecule has 1 aromatic rings. The fourth-order valence-electron chi connectivity index (χ4n) is 2.55. The highest BCUT2D eigenvalue weighted by molar-refractivity contribution is 8.00. The lowest BCUT2D eigenvalue weighted by atomic mass is 10.0. The Balaban J connectivity index is 1.70. The van der Waals surface area contributed by atoms with Gasteiger partial charge in [0.2, 0.25) is 11.8 Å². The smallest absolute Gasteiger partial charge is 0.234 e. The van der Waals surface area contributed by atoms with Gasteiger partial charge in [-0.3, -0.25) is 9.59 Å². The first-order valence-corrected chi connectivity index (χ1v) is 10.6. The maximum absolute atomic E-state index is 11.9. The zero-order valence-corrected chi connectivity index (χ0v) is 15.4. The van der Waals surface area contributed by atoms with Crippen molar-refractivity contribution < 1.29 is 18.0 Å². The van der Waals surface area contributed by atoms with Gasteiger partial charge in [0.1, 0.15) is 0 Å². The monoisotopic (exact) mass is 370 g/mol. The molecule has 24 heavy (non-hydrogen) atoms. The third-order valence-electron chi connectivity index (χ3n) is 3.75. The van der Waals surface area contributed by atoms with Crippen LogP contribution in [0, 0.1) is 6.92 Å². The van der Waals surface area contributed by atoms with Crippen LogP contribution in [0.3, 0.4) is 0 Å². The Morgan fingerprint density at radius 3 is 2.38 bits per heavy atom. The summed E-state index contributed by atoms with van der Waals surface area (Å²) >= 11 is 1.20. The summed E-state index contributed by atoms with van der Waals surface area (Å²) in [6.45, 7) is 3.71. The molecule has 8 heteroatoms. The number of hydrogen-bond donors (Lipinski definition) is 2. The minimum atomic E-state index is -3.06. The van der Waals surface area contributed by atoms with Gasteiger partial charge in [0, 0.05) is 5.69 Å². The van der Waals surface area contributed by atoms with Crippen LogP contribution in [0.25, 0.3) is 0 Å². The fourth-order valence-corrected chi connectivity index (χ4v) is 5.26. The number of carbonyl (C=O) groups is 2. The summed E-state index contributed by atoms with van der Waals surface area (Å²) in [5.74, 6) is -0.0537. The minimum Gasteiger partial charge on any atom is -0.349 e. The first-order chi connectivity index (χ1) is 11.2. The van der Waals surface area contributed by atoms with Gasteiger partial charge in [-0.05, 0) is 32.4 Å². The molecule has 6 nitrogen and oxygen atoms in total. The normalized spacial score (nSPS) is 22.1. The van der Waals surface area contributed by atoms with E-state index in [0.717, 1.165) is 11.3 Å². The van der Waals surface area contributed by atoms with E-state index in [2.05, 4.69) is 10.6 Å². The van der Waals surface area contributed by atoms with Crippen LogP contribution in [0.2, 0.25) is 0 Å². The highest BCUT2D eigenvalue weighted by atomic mass is 32.2. The molecule has 0 unspecified atom stereocenters. The highest BCUT2D eigenvalue weighted by Crippen LogP contribution is 2.22. The van der Waals surface area contributed by atoms with E-state index >= 15 is 0 Å². The zero-order chi connectivity index (χ0) is 17.8. The Kier molecular flexibility index (Phi) is 5.92. The molecular formula is C16H22N2O4S2. The summed E-state index contributed by atoms with van der Waals surface area (Å²) in [7, 11) is -3.06. The number of rotatable bonds is 6. The number of sulfone groups is 1. The van der Waals surface area contributed by atoms with Crippen LogP contribution in [0.1, 0.15) is 18.9 Å². The molecule has 2 N–H and O–H groups in total. The van der Waals surface area contributed by atoms with Crippen molar-refractivity contribution in [1.29, 1.82) is 0 Å². The van der Waals surface area contributed by atoms with Gasteiger partial charge in [0.25, 0.3) is 0 Å². The van der Waals surface area contributed by atoms with Crippen LogP contribution in [0.5, 0.6) is 0 Å². The van der Waals surface area contributed by atoms with E-state index in [1.807, 2.05) is 31.2 Å². The molecule has 0 spiro atoms. The summed E-state index contributed by atoms with van der Waals surface area (Å²) in [4.78, 5) is 23.8. The van der Waals surface area contributed by atoms with Crippen molar-refractivity contribution in [3.8, 4) is 0 Å². The molecule has 1 fully saturated rings. The van der Waals surface area contributed by atoms with Gasteiger partial charge in [-0.15, -0.1) is 11.8 Å². The van der Waals surface area contributed by atoms with Crippen molar-refractivity contribution in [1.82, 2.24) is 5.32 Å². The van der Waals surface area contributed by atoms with E-state index in [1.54, 1.807) is 6.92 Å².